The van der Waals surface area contributed by atoms with Gasteiger partial charge in [0.2, 0.25) is 11.8 Å². The fourth-order valence-corrected chi connectivity index (χ4v) is 1.19. The third-order valence-electron chi connectivity index (χ3n) is 1.95. The number of aliphatic hydroxyl groups excluding tert-OH is 2. The molecule has 6 heteroatoms. The van der Waals surface area contributed by atoms with Gasteiger partial charge in [0.1, 0.15) is 0 Å². The summed E-state index contributed by atoms with van der Waals surface area (Å²) in [5, 5.41) is 21.7. The Morgan fingerprint density at radius 1 is 1.50 bits per heavy atom. The molecular weight excluding hydrogens is 186 g/mol. The van der Waals surface area contributed by atoms with Gasteiger partial charge in [0.25, 0.3) is 0 Å². The van der Waals surface area contributed by atoms with E-state index in [0.29, 0.717) is 6.29 Å². The summed E-state index contributed by atoms with van der Waals surface area (Å²) in [6.45, 7) is 1.52. The number of hydrazine groups is 1. The van der Waals surface area contributed by atoms with Gasteiger partial charge in [-0.25, -0.2) is 15.0 Å². The molecule has 1 aliphatic rings. The van der Waals surface area contributed by atoms with Crippen molar-refractivity contribution in [2.24, 2.45) is 4.99 Å². The van der Waals surface area contributed by atoms with Gasteiger partial charge in [-0.1, -0.05) is 0 Å². The Morgan fingerprint density at radius 2 is 2.07 bits per heavy atom. The van der Waals surface area contributed by atoms with Crippen LogP contribution in [0.4, 0.5) is 0 Å². The van der Waals surface area contributed by atoms with Gasteiger partial charge in [-0.3, -0.25) is 4.79 Å². The van der Waals surface area contributed by atoms with Crippen molar-refractivity contribution in [2.75, 3.05) is 14.1 Å². The number of hydrogen-bond acceptors (Lipinski definition) is 5. The lowest BCUT2D eigenvalue weighted by Crippen LogP contribution is -2.47. The number of carbonyl (C=O) groups is 1. The highest BCUT2D eigenvalue weighted by Gasteiger charge is 2.29. The first-order valence-electron chi connectivity index (χ1n) is 4.07. The predicted octanol–water partition coefficient (Wildman–Crippen LogP) is 0.0496. The minimum Gasteiger partial charge on any atom is -0.493 e. The third-order valence-corrected chi connectivity index (χ3v) is 1.95. The molecule has 0 aliphatic carbocycles. The molecule has 6 nitrogen and oxygen atoms in total. The topological polar surface area (TPSA) is 76.4 Å². The molecule has 2 N–H and O–H groups in total. The van der Waals surface area contributed by atoms with Crippen LogP contribution in [0.1, 0.15) is 6.92 Å². The van der Waals surface area contributed by atoms with Crippen LogP contribution < -0.4 is 0 Å². The summed E-state index contributed by atoms with van der Waals surface area (Å²) in [7, 11) is 3.33. The monoisotopic (exact) mass is 199 g/mol. The van der Waals surface area contributed by atoms with Gasteiger partial charge in [-0.2, -0.15) is 0 Å². The Kier molecular flexibility index (Phi) is 2.76. The predicted molar refractivity (Wildman–Crippen MR) is 50.8 cm³/mol. The zero-order valence-corrected chi connectivity index (χ0v) is 8.30. The van der Waals surface area contributed by atoms with Crippen molar-refractivity contribution in [3.8, 4) is 0 Å². The van der Waals surface area contributed by atoms with Gasteiger partial charge in [0.15, 0.2) is 12.5 Å². The maximum Gasteiger partial charge on any atom is 0.217 e. The van der Waals surface area contributed by atoms with Crippen molar-refractivity contribution in [3.63, 3.8) is 0 Å². The van der Waals surface area contributed by atoms with E-state index in [1.807, 2.05) is 0 Å². The second kappa shape index (κ2) is 3.67. The molecule has 0 aromatic carbocycles. The van der Waals surface area contributed by atoms with E-state index < -0.39 is 6.17 Å². The Morgan fingerprint density at radius 3 is 2.50 bits per heavy atom. The van der Waals surface area contributed by atoms with Crippen molar-refractivity contribution in [1.82, 2.24) is 10.0 Å². The first-order valence-corrected chi connectivity index (χ1v) is 4.07. The van der Waals surface area contributed by atoms with E-state index in [9.17, 15) is 15.0 Å². The van der Waals surface area contributed by atoms with Crippen LogP contribution in [0, 0.1) is 0 Å². The van der Waals surface area contributed by atoms with Crippen molar-refractivity contribution in [3.05, 3.63) is 11.5 Å². The molecule has 0 spiro atoms. The molecule has 0 amide bonds. The van der Waals surface area contributed by atoms with Crippen LogP contribution in [-0.2, 0) is 4.79 Å². The van der Waals surface area contributed by atoms with Gasteiger partial charge >= 0.3 is 0 Å². The summed E-state index contributed by atoms with van der Waals surface area (Å²) in [4.78, 5) is 14.4. The minimum absolute atomic E-state index is 0.167. The van der Waals surface area contributed by atoms with Crippen LogP contribution in [0.15, 0.2) is 16.4 Å². The van der Waals surface area contributed by atoms with Crippen LogP contribution >= 0.6 is 0 Å². The SMILES string of the molecule is CC1=C(O)N(N(C)C)C(C=O)N=C1O. The van der Waals surface area contributed by atoms with E-state index in [-0.39, 0.29) is 17.4 Å². The number of nitrogens with zero attached hydrogens (tertiary/aromatic N) is 3. The van der Waals surface area contributed by atoms with E-state index in [2.05, 4.69) is 4.99 Å². The number of aldehydes is 1. The van der Waals surface area contributed by atoms with E-state index in [4.69, 9.17) is 0 Å². The second-order valence-corrected chi connectivity index (χ2v) is 3.14. The number of aliphatic hydroxyl groups is 2. The zero-order chi connectivity index (χ0) is 10.9. The molecule has 0 fully saturated rings. The van der Waals surface area contributed by atoms with Crippen LogP contribution in [0.2, 0.25) is 0 Å². The van der Waals surface area contributed by atoms with Crippen LogP contribution in [-0.4, -0.2) is 52.7 Å². The summed E-state index contributed by atoms with van der Waals surface area (Å²) in [6.07, 6.45) is -0.368. The fraction of sp³-hybridized carbons (Fsp3) is 0.500. The molecule has 1 unspecified atom stereocenters. The van der Waals surface area contributed by atoms with Gasteiger partial charge in [-0.05, 0) is 6.92 Å². The van der Waals surface area contributed by atoms with Crippen molar-refractivity contribution in [2.45, 2.75) is 13.1 Å². The first-order chi connectivity index (χ1) is 6.49. The van der Waals surface area contributed by atoms with E-state index in [1.54, 1.807) is 14.1 Å². The summed E-state index contributed by atoms with van der Waals surface area (Å²) >= 11 is 0. The van der Waals surface area contributed by atoms with Crippen molar-refractivity contribution in [1.29, 1.82) is 0 Å². The zero-order valence-electron chi connectivity index (χ0n) is 8.30. The normalized spacial score (nSPS) is 22.7. The molecule has 1 heterocycles. The molecule has 0 saturated carbocycles. The Bertz CT molecular complexity index is 309. The van der Waals surface area contributed by atoms with Crippen LogP contribution in [0.25, 0.3) is 0 Å². The fourth-order valence-electron chi connectivity index (χ4n) is 1.19. The molecule has 0 aromatic heterocycles. The lowest BCUT2D eigenvalue weighted by molar-refractivity contribution is -0.119. The lowest BCUT2D eigenvalue weighted by atomic mass is 10.2. The molecule has 0 radical (unpaired) electrons. The highest BCUT2D eigenvalue weighted by Crippen LogP contribution is 2.18. The summed E-state index contributed by atoms with van der Waals surface area (Å²) in [5.74, 6) is -0.475. The van der Waals surface area contributed by atoms with Crippen LogP contribution in [0.5, 0.6) is 0 Å². The van der Waals surface area contributed by atoms with E-state index in [0.717, 1.165) is 0 Å². The van der Waals surface area contributed by atoms with Gasteiger partial charge in [0, 0.05) is 14.1 Å². The maximum absolute atomic E-state index is 10.7. The smallest absolute Gasteiger partial charge is 0.217 e. The number of rotatable bonds is 2. The molecule has 1 aliphatic heterocycles. The average molecular weight is 199 g/mol. The molecule has 1 rings (SSSR count). The largest absolute Gasteiger partial charge is 0.493 e. The third kappa shape index (κ3) is 1.56. The van der Waals surface area contributed by atoms with Crippen molar-refractivity contribution < 1.29 is 15.0 Å². The minimum atomic E-state index is -0.909. The average Bonchev–Trinajstić information content (AvgIpc) is 2.12. The highest BCUT2D eigenvalue weighted by atomic mass is 16.3. The molecule has 1 atom stereocenters. The summed E-state index contributed by atoms with van der Waals surface area (Å²) < 4.78 is 0. The first kappa shape index (κ1) is 10.5. The molecule has 14 heavy (non-hydrogen) atoms. The number of aliphatic imine (C=N–C) groups is 1. The summed E-state index contributed by atoms with van der Waals surface area (Å²) in [5.41, 5.74) is 0.247. The molecule has 0 aromatic rings. The standard InChI is InChI=1S/C8H13N3O3/c1-5-7(13)9-6(4-12)11(8(5)14)10(2)3/h4,6,14H,1-3H3,(H,9,13). The number of hydrogen-bond donors (Lipinski definition) is 2. The summed E-state index contributed by atoms with van der Waals surface area (Å²) in [6, 6.07) is 0. The second-order valence-electron chi connectivity index (χ2n) is 3.14. The van der Waals surface area contributed by atoms with Crippen molar-refractivity contribution >= 4 is 12.2 Å². The molecular formula is C8H13N3O3. The molecule has 0 saturated heterocycles. The number of carbonyl (C=O) groups excluding carboxylic acids is 1. The Hall–Kier alpha value is -1.56. The van der Waals surface area contributed by atoms with Crippen LogP contribution in [0.3, 0.4) is 0 Å². The van der Waals surface area contributed by atoms with Gasteiger partial charge in [-0.15, -0.1) is 0 Å². The van der Waals surface area contributed by atoms with Gasteiger partial charge in [0.05, 0.1) is 5.57 Å². The maximum atomic E-state index is 10.7. The Labute approximate surface area is 81.7 Å². The molecule has 78 valence electrons. The lowest BCUT2D eigenvalue weighted by Gasteiger charge is -2.35. The van der Waals surface area contributed by atoms with E-state index >= 15 is 0 Å². The molecule has 0 bridgehead atoms. The van der Waals surface area contributed by atoms with E-state index in [1.165, 1.54) is 16.9 Å². The Balaban J connectivity index is 3.11. The highest BCUT2D eigenvalue weighted by molar-refractivity contribution is 5.93. The van der Waals surface area contributed by atoms with Gasteiger partial charge < -0.3 is 10.2 Å². The quantitative estimate of drug-likeness (QED) is 0.614.